The van der Waals surface area contributed by atoms with Crippen molar-refractivity contribution in [1.82, 2.24) is 10.2 Å². The third-order valence-corrected chi connectivity index (χ3v) is 2.88. The summed E-state index contributed by atoms with van der Waals surface area (Å²) in [5, 5.41) is 3.17. The summed E-state index contributed by atoms with van der Waals surface area (Å²) in [6, 6.07) is -0.0341. The number of methoxy groups -OCH3 is 1. The lowest BCUT2D eigenvalue weighted by molar-refractivity contribution is -0.149. The molecule has 6 nitrogen and oxygen atoms in total. The standard InChI is InChI=1S/C12H22N2O4/c1-9(2)14(8-12(16)17-3)11(15)6-10-7-13-4-5-18-10/h9-10,13H,4-8H2,1-3H3. The number of rotatable bonds is 5. The Morgan fingerprint density at radius 2 is 2.22 bits per heavy atom. The van der Waals surface area contributed by atoms with Crippen molar-refractivity contribution in [3.8, 4) is 0 Å². The molecule has 0 saturated carbocycles. The second-order valence-electron chi connectivity index (χ2n) is 4.59. The highest BCUT2D eigenvalue weighted by atomic mass is 16.5. The molecule has 1 fully saturated rings. The van der Waals surface area contributed by atoms with Crippen molar-refractivity contribution < 1.29 is 19.1 Å². The number of nitrogens with zero attached hydrogens (tertiary/aromatic N) is 1. The fourth-order valence-electron chi connectivity index (χ4n) is 1.83. The molecule has 18 heavy (non-hydrogen) atoms. The lowest BCUT2D eigenvalue weighted by Crippen LogP contribution is -2.45. The predicted octanol–water partition coefficient (Wildman–Crippen LogP) is -0.225. The van der Waals surface area contributed by atoms with E-state index in [1.165, 1.54) is 12.0 Å². The first kappa shape index (κ1) is 14.9. The van der Waals surface area contributed by atoms with Crippen LogP contribution in [-0.2, 0) is 19.1 Å². The number of hydrogen-bond donors (Lipinski definition) is 1. The summed E-state index contributed by atoms with van der Waals surface area (Å²) in [6.07, 6.45) is 0.187. The van der Waals surface area contributed by atoms with Gasteiger partial charge >= 0.3 is 5.97 Å². The van der Waals surface area contributed by atoms with Crippen molar-refractivity contribution in [3.05, 3.63) is 0 Å². The highest BCUT2D eigenvalue weighted by Crippen LogP contribution is 2.08. The number of ether oxygens (including phenoxy) is 2. The Morgan fingerprint density at radius 3 is 2.72 bits per heavy atom. The van der Waals surface area contributed by atoms with Crippen LogP contribution >= 0.6 is 0 Å². The summed E-state index contributed by atoms with van der Waals surface area (Å²) in [7, 11) is 1.32. The molecular weight excluding hydrogens is 236 g/mol. The molecule has 0 spiro atoms. The zero-order valence-corrected chi connectivity index (χ0v) is 11.3. The molecule has 0 bridgehead atoms. The minimum absolute atomic E-state index is 0.00680. The highest BCUT2D eigenvalue weighted by molar-refractivity contribution is 5.82. The van der Waals surface area contributed by atoms with Crippen LogP contribution in [0.2, 0.25) is 0 Å². The lowest BCUT2D eigenvalue weighted by atomic mass is 10.2. The van der Waals surface area contributed by atoms with Crippen molar-refractivity contribution >= 4 is 11.9 Å². The largest absolute Gasteiger partial charge is 0.468 e. The molecular formula is C12H22N2O4. The molecule has 1 saturated heterocycles. The molecule has 1 aliphatic heterocycles. The maximum Gasteiger partial charge on any atom is 0.325 e. The van der Waals surface area contributed by atoms with Crippen LogP contribution in [0.1, 0.15) is 20.3 Å². The third-order valence-electron chi connectivity index (χ3n) is 2.88. The van der Waals surface area contributed by atoms with Gasteiger partial charge in [-0.1, -0.05) is 0 Å². The van der Waals surface area contributed by atoms with Crippen LogP contribution in [0.3, 0.4) is 0 Å². The number of amides is 1. The van der Waals surface area contributed by atoms with Crippen molar-refractivity contribution in [2.45, 2.75) is 32.4 Å². The zero-order chi connectivity index (χ0) is 13.5. The van der Waals surface area contributed by atoms with Crippen LogP contribution in [0.4, 0.5) is 0 Å². The van der Waals surface area contributed by atoms with Crippen LogP contribution in [0, 0.1) is 0 Å². The van der Waals surface area contributed by atoms with Crippen molar-refractivity contribution in [3.63, 3.8) is 0 Å². The van der Waals surface area contributed by atoms with E-state index in [0.29, 0.717) is 19.6 Å². The topological polar surface area (TPSA) is 67.9 Å². The first-order chi connectivity index (χ1) is 8.54. The van der Waals surface area contributed by atoms with E-state index in [1.807, 2.05) is 13.8 Å². The molecule has 1 atom stereocenters. The second kappa shape index (κ2) is 7.33. The van der Waals surface area contributed by atoms with Gasteiger partial charge in [-0.05, 0) is 13.8 Å². The highest BCUT2D eigenvalue weighted by Gasteiger charge is 2.24. The molecule has 0 radical (unpaired) electrons. The maximum absolute atomic E-state index is 12.1. The Hall–Kier alpha value is -1.14. The number of nitrogens with one attached hydrogen (secondary N) is 1. The Kier molecular flexibility index (Phi) is 6.07. The molecule has 0 aliphatic carbocycles. The zero-order valence-electron chi connectivity index (χ0n) is 11.3. The monoisotopic (exact) mass is 258 g/mol. The van der Waals surface area contributed by atoms with Crippen LogP contribution < -0.4 is 5.32 Å². The third kappa shape index (κ3) is 4.62. The fourth-order valence-corrected chi connectivity index (χ4v) is 1.83. The van der Waals surface area contributed by atoms with E-state index in [9.17, 15) is 9.59 Å². The van der Waals surface area contributed by atoms with Gasteiger partial charge in [-0.2, -0.15) is 0 Å². The molecule has 0 aromatic carbocycles. The molecule has 6 heteroatoms. The number of carbonyl (C=O) groups excluding carboxylic acids is 2. The number of hydrogen-bond acceptors (Lipinski definition) is 5. The van der Waals surface area contributed by atoms with Crippen LogP contribution in [0.25, 0.3) is 0 Å². The van der Waals surface area contributed by atoms with E-state index in [2.05, 4.69) is 10.1 Å². The summed E-state index contributed by atoms with van der Waals surface area (Å²) >= 11 is 0. The van der Waals surface area contributed by atoms with E-state index in [4.69, 9.17) is 4.74 Å². The van der Waals surface area contributed by atoms with Gasteiger partial charge in [0.1, 0.15) is 6.54 Å². The molecule has 1 unspecified atom stereocenters. The smallest absolute Gasteiger partial charge is 0.325 e. The summed E-state index contributed by atoms with van der Waals surface area (Å²) in [5.41, 5.74) is 0. The van der Waals surface area contributed by atoms with E-state index < -0.39 is 5.97 Å². The van der Waals surface area contributed by atoms with Gasteiger partial charge in [-0.3, -0.25) is 9.59 Å². The van der Waals surface area contributed by atoms with E-state index in [-0.39, 0.29) is 24.6 Å². The van der Waals surface area contributed by atoms with Gasteiger partial charge in [0.25, 0.3) is 0 Å². The van der Waals surface area contributed by atoms with E-state index >= 15 is 0 Å². The maximum atomic E-state index is 12.1. The molecule has 1 heterocycles. The normalized spacial score (nSPS) is 19.7. The average Bonchev–Trinajstić information content (AvgIpc) is 2.36. The molecule has 104 valence electrons. The fraction of sp³-hybridized carbons (Fsp3) is 0.833. The van der Waals surface area contributed by atoms with E-state index in [1.54, 1.807) is 0 Å². The first-order valence-electron chi connectivity index (χ1n) is 6.23. The van der Waals surface area contributed by atoms with Gasteiger partial charge in [0.05, 0.1) is 26.2 Å². The molecule has 0 aromatic heterocycles. The molecule has 1 rings (SSSR count). The minimum Gasteiger partial charge on any atom is -0.468 e. The molecule has 0 aromatic rings. The van der Waals surface area contributed by atoms with Crippen LogP contribution in [0.15, 0.2) is 0 Å². The Labute approximate surface area is 108 Å². The number of carbonyl (C=O) groups is 2. The van der Waals surface area contributed by atoms with Gasteiger partial charge in [0.2, 0.25) is 5.91 Å². The Bertz CT molecular complexity index is 288. The van der Waals surface area contributed by atoms with Crippen molar-refractivity contribution in [2.75, 3.05) is 33.4 Å². The van der Waals surface area contributed by atoms with Gasteiger partial charge in [0.15, 0.2) is 0 Å². The van der Waals surface area contributed by atoms with E-state index in [0.717, 1.165) is 6.54 Å². The predicted molar refractivity (Wildman–Crippen MR) is 66.1 cm³/mol. The van der Waals surface area contributed by atoms with Crippen molar-refractivity contribution in [1.29, 1.82) is 0 Å². The van der Waals surface area contributed by atoms with Gasteiger partial charge in [0, 0.05) is 19.1 Å². The van der Waals surface area contributed by atoms with Crippen LogP contribution in [-0.4, -0.2) is 62.3 Å². The molecule has 1 amide bonds. The van der Waals surface area contributed by atoms with Gasteiger partial charge in [-0.25, -0.2) is 0 Å². The summed E-state index contributed by atoms with van der Waals surface area (Å²) in [4.78, 5) is 24.9. The minimum atomic E-state index is -0.403. The quantitative estimate of drug-likeness (QED) is 0.690. The Balaban J connectivity index is 2.50. The summed E-state index contributed by atoms with van der Waals surface area (Å²) < 4.78 is 10.1. The first-order valence-corrected chi connectivity index (χ1v) is 6.23. The Morgan fingerprint density at radius 1 is 1.50 bits per heavy atom. The van der Waals surface area contributed by atoms with Gasteiger partial charge in [-0.15, -0.1) is 0 Å². The molecule has 1 aliphatic rings. The number of morpholine rings is 1. The average molecular weight is 258 g/mol. The number of esters is 1. The lowest BCUT2D eigenvalue weighted by Gasteiger charge is -2.29. The SMILES string of the molecule is COC(=O)CN(C(=O)CC1CNCCO1)C(C)C. The molecule has 1 N–H and O–H groups in total. The van der Waals surface area contributed by atoms with Gasteiger partial charge < -0.3 is 19.7 Å². The van der Waals surface area contributed by atoms with Crippen molar-refractivity contribution in [2.24, 2.45) is 0 Å². The van der Waals surface area contributed by atoms with Crippen LogP contribution in [0.5, 0.6) is 0 Å². The summed E-state index contributed by atoms with van der Waals surface area (Å²) in [5.74, 6) is -0.483. The second-order valence-corrected chi connectivity index (χ2v) is 4.59. The summed E-state index contributed by atoms with van der Waals surface area (Å²) in [6.45, 7) is 5.86.